The van der Waals surface area contributed by atoms with Gasteiger partial charge in [-0.15, -0.1) is 0 Å². The van der Waals surface area contributed by atoms with Crippen LogP contribution in [0, 0.1) is 0 Å². The zero-order chi connectivity index (χ0) is 28.0. The van der Waals surface area contributed by atoms with Crippen molar-refractivity contribution in [1.29, 1.82) is 0 Å². The molecule has 207 valence electrons. The Morgan fingerprint density at radius 3 is 1.92 bits per heavy atom. The number of nitrogens with two attached hydrogens (primary N) is 1. The number of Topliss-reactive ketones (excluding diaryl/α,β-unsaturated/α-hetero) is 3. The number of ketones is 3. The molecule has 16 nitrogen and oxygen atoms in total. The van der Waals surface area contributed by atoms with Gasteiger partial charge in [0, 0.05) is 45.8 Å². The van der Waals surface area contributed by atoms with E-state index in [2.05, 4.69) is 21.3 Å². The quantitative estimate of drug-likeness (QED) is 0.0697. The monoisotopic (exact) mass is 625 g/mol. The predicted molar refractivity (Wildman–Crippen MR) is 126 cm³/mol. The molecule has 0 rings (SSSR count). The van der Waals surface area contributed by atoms with E-state index in [1.165, 1.54) is 27.4 Å². The predicted octanol–water partition coefficient (Wildman–Crippen LogP) is -2.51. The van der Waals surface area contributed by atoms with Crippen LogP contribution in [0.25, 0.3) is 0 Å². The molecule has 0 aromatic carbocycles. The summed E-state index contributed by atoms with van der Waals surface area (Å²) in [4.78, 5) is 82.9. The van der Waals surface area contributed by atoms with Crippen LogP contribution in [-0.4, -0.2) is 96.9 Å². The summed E-state index contributed by atoms with van der Waals surface area (Å²) in [7, 11) is -2.37. The van der Waals surface area contributed by atoms with Crippen molar-refractivity contribution in [3.63, 3.8) is 0 Å². The molecule has 1 radical (unpaired) electrons. The van der Waals surface area contributed by atoms with Crippen LogP contribution in [0.2, 0.25) is 0 Å². The molecule has 37 heavy (non-hydrogen) atoms. The van der Waals surface area contributed by atoms with Gasteiger partial charge in [0.15, 0.2) is 13.8 Å². The molecule has 0 aromatic heterocycles. The van der Waals surface area contributed by atoms with Crippen LogP contribution in [-0.2, 0) is 65.8 Å². The van der Waals surface area contributed by atoms with E-state index in [1.54, 1.807) is 0 Å². The smallest absolute Gasteiger partial charge is 0.405 e. The molecular weight excluding hydrogens is 592 g/mol. The van der Waals surface area contributed by atoms with Crippen molar-refractivity contribution in [3.8, 4) is 0 Å². The molecule has 0 aliphatic heterocycles. The first-order valence-electron chi connectivity index (χ1n) is 10.8. The van der Waals surface area contributed by atoms with Crippen LogP contribution in [0.3, 0.4) is 0 Å². The third-order valence-corrected chi connectivity index (χ3v) is 5.02. The molecule has 0 saturated carbocycles. The fourth-order valence-electron chi connectivity index (χ4n) is 2.55. The second-order valence-electron chi connectivity index (χ2n) is 7.61. The summed E-state index contributed by atoms with van der Waals surface area (Å²) in [6, 6.07) is -5.80. The molecule has 0 heterocycles. The number of carbonyl (C=O) groups is 7. The zero-order valence-corrected chi connectivity index (χ0v) is 24.8. The normalized spacial score (nSPS) is 14.3. The van der Waals surface area contributed by atoms with Crippen molar-refractivity contribution < 1.29 is 80.5 Å². The maximum absolute atomic E-state index is 12.2. The molecule has 5 amide bonds. The standard InChI is InChI=1S/C19H33N6O10P.Y/c1-9(15(28)16(29)10(2)24-19(32)33)22-14(27)7-21-17(30)11(3)23-18(31)25-12(8-35-36(4)34)13(26)5-6-20;/h9-12,24,36H,5-8,20H2,1-4H3,(H,21,30)(H,22,27)(H,32,33)(H2,23,25,31);. The second-order valence-corrected chi connectivity index (χ2v) is 8.88. The minimum absolute atomic E-state index is 0. The van der Waals surface area contributed by atoms with Gasteiger partial charge in [-0.3, -0.25) is 28.5 Å². The largest absolute Gasteiger partial charge is 0.465 e. The van der Waals surface area contributed by atoms with Gasteiger partial charge < -0.3 is 41.9 Å². The number of nitrogens with one attached hydrogen (secondary N) is 5. The number of hydrogen-bond donors (Lipinski definition) is 7. The van der Waals surface area contributed by atoms with Gasteiger partial charge in [-0.2, -0.15) is 0 Å². The first-order chi connectivity index (χ1) is 16.7. The van der Waals surface area contributed by atoms with Crippen LogP contribution < -0.4 is 32.3 Å². The molecule has 0 bridgehead atoms. The Morgan fingerprint density at radius 1 is 0.892 bits per heavy atom. The van der Waals surface area contributed by atoms with Crippen molar-refractivity contribution >= 4 is 49.3 Å². The fourth-order valence-corrected chi connectivity index (χ4v) is 2.95. The number of urea groups is 1. The molecule has 0 fully saturated rings. The van der Waals surface area contributed by atoms with Crippen molar-refractivity contribution in [1.82, 2.24) is 26.6 Å². The van der Waals surface area contributed by atoms with E-state index in [0.717, 1.165) is 0 Å². The van der Waals surface area contributed by atoms with Crippen LogP contribution in [0.5, 0.6) is 0 Å². The van der Waals surface area contributed by atoms with Gasteiger partial charge in [0.05, 0.1) is 25.2 Å². The first kappa shape index (κ1) is 36.9. The van der Waals surface area contributed by atoms with Gasteiger partial charge in [0.25, 0.3) is 0 Å². The molecule has 0 aliphatic carbocycles. The van der Waals surface area contributed by atoms with Crippen molar-refractivity contribution in [2.45, 2.75) is 51.4 Å². The van der Waals surface area contributed by atoms with E-state index in [1.807, 2.05) is 5.32 Å². The molecule has 0 saturated heterocycles. The van der Waals surface area contributed by atoms with E-state index in [-0.39, 0.29) is 52.3 Å². The van der Waals surface area contributed by atoms with Gasteiger partial charge >= 0.3 is 12.1 Å². The SMILES string of the molecule is CC(NC(=O)NC(CO[PH](C)=O)C(=O)CCN)C(=O)NCC(=O)NC(C)C(=O)C(=O)C(C)NC(=O)O.[Y]. The van der Waals surface area contributed by atoms with Crippen molar-refractivity contribution in [2.75, 3.05) is 26.4 Å². The van der Waals surface area contributed by atoms with Gasteiger partial charge in [-0.05, 0) is 27.3 Å². The summed E-state index contributed by atoms with van der Waals surface area (Å²) in [5, 5.41) is 19.4. The minimum atomic E-state index is -2.37. The first-order valence-corrected chi connectivity index (χ1v) is 12.6. The fraction of sp³-hybridized carbons (Fsp3) is 0.632. The van der Waals surface area contributed by atoms with E-state index in [4.69, 9.17) is 15.4 Å². The molecule has 0 aliphatic rings. The van der Waals surface area contributed by atoms with Crippen LogP contribution in [0.15, 0.2) is 0 Å². The minimum Gasteiger partial charge on any atom is -0.465 e. The Bertz CT molecular complexity index is 889. The average molecular weight is 625 g/mol. The van der Waals surface area contributed by atoms with Gasteiger partial charge in [-0.1, -0.05) is 0 Å². The number of carbonyl (C=O) groups excluding carboxylic acids is 6. The Hall–Kier alpha value is -2.26. The molecule has 5 atom stereocenters. The van der Waals surface area contributed by atoms with Crippen molar-refractivity contribution in [3.05, 3.63) is 0 Å². The molecular formula is C19H33N6O10PY. The van der Waals surface area contributed by atoms with E-state index < -0.39 is 80.0 Å². The summed E-state index contributed by atoms with van der Waals surface area (Å²) in [6.07, 6.45) is -1.56. The Balaban J connectivity index is 0. The van der Waals surface area contributed by atoms with E-state index in [9.17, 15) is 38.1 Å². The van der Waals surface area contributed by atoms with Gasteiger partial charge in [0.1, 0.15) is 12.1 Å². The summed E-state index contributed by atoms with van der Waals surface area (Å²) in [5.74, 6) is -4.17. The summed E-state index contributed by atoms with van der Waals surface area (Å²) in [6.45, 7) is 4.07. The van der Waals surface area contributed by atoms with Gasteiger partial charge in [0.2, 0.25) is 23.4 Å². The molecule has 18 heteroatoms. The molecule has 8 N–H and O–H groups in total. The Morgan fingerprint density at radius 2 is 1.43 bits per heavy atom. The number of rotatable bonds is 16. The van der Waals surface area contributed by atoms with Gasteiger partial charge in [-0.25, -0.2) is 9.59 Å². The maximum Gasteiger partial charge on any atom is 0.405 e. The van der Waals surface area contributed by atoms with E-state index >= 15 is 0 Å². The zero-order valence-electron chi connectivity index (χ0n) is 20.9. The second kappa shape index (κ2) is 18.9. The third-order valence-electron chi connectivity index (χ3n) is 4.45. The molecule has 0 spiro atoms. The summed E-state index contributed by atoms with van der Waals surface area (Å²) < 4.78 is 16.1. The van der Waals surface area contributed by atoms with E-state index in [0.29, 0.717) is 0 Å². The maximum atomic E-state index is 12.2. The average Bonchev–Trinajstić information content (AvgIpc) is 2.78. The van der Waals surface area contributed by atoms with Crippen LogP contribution in [0.1, 0.15) is 27.2 Å². The van der Waals surface area contributed by atoms with Crippen LogP contribution in [0.4, 0.5) is 9.59 Å². The number of amides is 5. The Kier molecular flexibility index (Phi) is 18.9. The number of carboxylic acid groups (broad SMARTS) is 1. The van der Waals surface area contributed by atoms with Crippen molar-refractivity contribution in [2.24, 2.45) is 5.73 Å². The molecule has 5 unspecified atom stereocenters. The summed E-state index contributed by atoms with van der Waals surface area (Å²) >= 11 is 0. The number of hydrogen-bond acceptors (Lipinski definition) is 10. The third kappa shape index (κ3) is 15.6. The summed E-state index contributed by atoms with van der Waals surface area (Å²) in [5.41, 5.74) is 5.33. The topological polar surface area (TPSA) is 252 Å². The molecule has 0 aromatic rings. The van der Waals surface area contributed by atoms with Crippen LogP contribution >= 0.6 is 8.03 Å². The Labute approximate surface area is 239 Å².